The van der Waals surface area contributed by atoms with E-state index in [2.05, 4.69) is 20.0 Å². The average molecular weight is 352 g/mol. The number of hydrogen-bond acceptors (Lipinski definition) is 6. The van der Waals surface area contributed by atoms with E-state index in [1.165, 1.54) is 12.8 Å². The Labute approximate surface area is 150 Å². The first-order valence-electron chi connectivity index (χ1n) is 8.62. The van der Waals surface area contributed by atoms with Gasteiger partial charge in [0, 0.05) is 19.2 Å². The van der Waals surface area contributed by atoms with E-state index >= 15 is 0 Å². The molecular weight excluding hydrogens is 332 g/mol. The maximum Gasteiger partial charge on any atom is 0.269 e. The lowest BCUT2D eigenvalue weighted by molar-refractivity contribution is 0.0995. The molecule has 0 aromatic carbocycles. The highest BCUT2D eigenvalue weighted by Gasteiger charge is 2.15. The van der Waals surface area contributed by atoms with Crippen molar-refractivity contribution < 1.29 is 9.53 Å². The van der Waals surface area contributed by atoms with Crippen molar-refractivity contribution >= 4 is 17.4 Å². The predicted octanol–water partition coefficient (Wildman–Crippen LogP) is 1.71. The number of aryl methyl sites for hydroxylation is 1. The zero-order valence-corrected chi connectivity index (χ0v) is 14.6. The van der Waals surface area contributed by atoms with Gasteiger partial charge in [0.25, 0.3) is 5.91 Å². The van der Waals surface area contributed by atoms with Crippen LogP contribution >= 0.6 is 0 Å². The standard InChI is InChI=1S/C18H20N6O2/c1-12-17(18(19)25)21-15-7-8-16(22-24(12)15)26-11-13-5-4-6-14(20-13)23-9-2-3-10-23/h4-8H,2-3,9-11H2,1H3,(H2,19,25). The minimum absolute atomic E-state index is 0.217. The van der Waals surface area contributed by atoms with Crippen LogP contribution in [0.1, 0.15) is 34.7 Å². The monoisotopic (exact) mass is 352 g/mol. The summed E-state index contributed by atoms with van der Waals surface area (Å²) in [4.78, 5) is 22.5. The molecule has 134 valence electrons. The molecule has 8 nitrogen and oxygen atoms in total. The van der Waals surface area contributed by atoms with Crippen molar-refractivity contribution in [2.45, 2.75) is 26.4 Å². The van der Waals surface area contributed by atoms with Crippen molar-refractivity contribution in [1.29, 1.82) is 0 Å². The van der Waals surface area contributed by atoms with E-state index in [1.54, 1.807) is 23.6 Å². The molecule has 1 aliphatic heterocycles. The summed E-state index contributed by atoms with van der Waals surface area (Å²) in [5.41, 5.74) is 7.54. The Bertz CT molecular complexity index is 961. The Hall–Kier alpha value is -3.16. The summed E-state index contributed by atoms with van der Waals surface area (Å²) in [6, 6.07) is 9.42. The summed E-state index contributed by atoms with van der Waals surface area (Å²) < 4.78 is 7.34. The Balaban J connectivity index is 1.52. The number of nitrogens with two attached hydrogens (primary N) is 1. The second-order valence-corrected chi connectivity index (χ2v) is 6.32. The van der Waals surface area contributed by atoms with Crippen LogP contribution in [0, 0.1) is 6.92 Å². The average Bonchev–Trinajstić information content (AvgIpc) is 3.29. The highest BCUT2D eigenvalue weighted by atomic mass is 16.5. The van der Waals surface area contributed by atoms with Gasteiger partial charge in [-0.15, -0.1) is 5.10 Å². The Kier molecular flexibility index (Phi) is 4.16. The first-order valence-corrected chi connectivity index (χ1v) is 8.62. The molecule has 0 atom stereocenters. The normalized spacial score (nSPS) is 14.1. The topological polar surface area (TPSA) is 98.6 Å². The van der Waals surface area contributed by atoms with Crippen molar-refractivity contribution in [2.24, 2.45) is 5.73 Å². The van der Waals surface area contributed by atoms with Crippen LogP contribution in [0.2, 0.25) is 0 Å². The molecule has 3 aromatic rings. The molecule has 0 bridgehead atoms. The van der Waals surface area contributed by atoms with Gasteiger partial charge in [-0.25, -0.2) is 14.5 Å². The summed E-state index contributed by atoms with van der Waals surface area (Å²) in [5.74, 6) is 0.851. The van der Waals surface area contributed by atoms with E-state index in [1.807, 2.05) is 18.2 Å². The zero-order valence-electron chi connectivity index (χ0n) is 14.6. The molecule has 0 spiro atoms. The molecule has 8 heteroatoms. The highest BCUT2D eigenvalue weighted by Crippen LogP contribution is 2.19. The number of carbonyl (C=O) groups is 1. The molecule has 1 fully saturated rings. The Morgan fingerprint density at radius 1 is 1.19 bits per heavy atom. The van der Waals surface area contributed by atoms with Gasteiger partial charge >= 0.3 is 0 Å². The van der Waals surface area contributed by atoms with Crippen LogP contribution in [0.3, 0.4) is 0 Å². The van der Waals surface area contributed by atoms with E-state index < -0.39 is 5.91 Å². The number of nitrogens with zero attached hydrogens (tertiary/aromatic N) is 5. The number of rotatable bonds is 5. The smallest absolute Gasteiger partial charge is 0.269 e. The number of ether oxygens (including phenoxy) is 1. The van der Waals surface area contributed by atoms with Gasteiger partial charge in [0.2, 0.25) is 5.88 Å². The number of anilines is 1. The zero-order chi connectivity index (χ0) is 18.1. The number of amides is 1. The second-order valence-electron chi connectivity index (χ2n) is 6.32. The maximum atomic E-state index is 11.4. The fourth-order valence-corrected chi connectivity index (χ4v) is 3.15. The van der Waals surface area contributed by atoms with Gasteiger partial charge in [0.05, 0.1) is 11.4 Å². The van der Waals surface area contributed by atoms with E-state index in [-0.39, 0.29) is 5.69 Å². The van der Waals surface area contributed by atoms with Crippen molar-refractivity contribution in [3.8, 4) is 5.88 Å². The van der Waals surface area contributed by atoms with Crippen LogP contribution in [0.25, 0.3) is 5.65 Å². The Morgan fingerprint density at radius 3 is 2.77 bits per heavy atom. The third-order valence-electron chi connectivity index (χ3n) is 4.50. The van der Waals surface area contributed by atoms with E-state index in [0.29, 0.717) is 23.8 Å². The van der Waals surface area contributed by atoms with Crippen LogP contribution in [-0.4, -0.2) is 38.6 Å². The van der Waals surface area contributed by atoms with Gasteiger partial charge < -0.3 is 15.4 Å². The van der Waals surface area contributed by atoms with Crippen molar-refractivity contribution in [2.75, 3.05) is 18.0 Å². The lowest BCUT2D eigenvalue weighted by atomic mass is 10.3. The number of fused-ring (bicyclic) bond motifs is 1. The maximum absolute atomic E-state index is 11.4. The summed E-state index contributed by atoms with van der Waals surface area (Å²) >= 11 is 0. The van der Waals surface area contributed by atoms with E-state index in [9.17, 15) is 4.79 Å². The van der Waals surface area contributed by atoms with Crippen molar-refractivity contribution in [3.63, 3.8) is 0 Å². The van der Waals surface area contributed by atoms with Crippen molar-refractivity contribution in [3.05, 3.63) is 47.4 Å². The number of pyridine rings is 1. The number of carbonyl (C=O) groups excluding carboxylic acids is 1. The van der Waals surface area contributed by atoms with Crippen LogP contribution in [0.5, 0.6) is 5.88 Å². The van der Waals surface area contributed by atoms with Crippen LogP contribution in [0.15, 0.2) is 30.3 Å². The quantitative estimate of drug-likeness (QED) is 0.750. The number of primary amides is 1. The molecule has 1 saturated heterocycles. The molecule has 0 saturated carbocycles. The summed E-state index contributed by atoms with van der Waals surface area (Å²) in [6.07, 6.45) is 2.42. The number of hydrogen-bond donors (Lipinski definition) is 1. The van der Waals surface area contributed by atoms with E-state index in [0.717, 1.165) is 24.6 Å². The summed E-state index contributed by atoms with van der Waals surface area (Å²) in [5, 5.41) is 4.38. The molecule has 3 aromatic heterocycles. The van der Waals surface area contributed by atoms with Gasteiger partial charge in [-0.1, -0.05) is 6.07 Å². The van der Waals surface area contributed by atoms with Gasteiger partial charge in [-0.05, 0) is 38.0 Å². The van der Waals surface area contributed by atoms with Crippen molar-refractivity contribution in [1.82, 2.24) is 19.6 Å². The van der Waals surface area contributed by atoms with Gasteiger partial charge in [0.1, 0.15) is 12.4 Å². The van der Waals surface area contributed by atoms with Crippen LogP contribution in [0.4, 0.5) is 5.82 Å². The highest BCUT2D eigenvalue weighted by molar-refractivity contribution is 5.92. The molecule has 4 heterocycles. The Morgan fingerprint density at radius 2 is 2.00 bits per heavy atom. The molecule has 2 N–H and O–H groups in total. The second kappa shape index (κ2) is 6.62. The molecule has 4 rings (SSSR count). The molecule has 0 aliphatic carbocycles. The third-order valence-corrected chi connectivity index (χ3v) is 4.50. The first kappa shape index (κ1) is 16.3. The minimum Gasteiger partial charge on any atom is -0.470 e. The molecular formula is C18H20N6O2. The molecule has 0 unspecified atom stereocenters. The SMILES string of the molecule is Cc1c(C(N)=O)nc2ccc(OCc3cccc(N4CCCC4)n3)nn12. The van der Waals surface area contributed by atoms with E-state index in [4.69, 9.17) is 10.5 Å². The fraction of sp³-hybridized carbons (Fsp3) is 0.333. The minimum atomic E-state index is -0.571. The first-order chi connectivity index (χ1) is 12.6. The summed E-state index contributed by atoms with van der Waals surface area (Å²) in [7, 11) is 0. The molecule has 26 heavy (non-hydrogen) atoms. The van der Waals surface area contributed by atoms with Gasteiger partial charge in [-0.3, -0.25) is 4.79 Å². The third kappa shape index (κ3) is 3.05. The van der Waals surface area contributed by atoms with Gasteiger partial charge in [-0.2, -0.15) is 0 Å². The molecule has 0 radical (unpaired) electrons. The lowest BCUT2D eigenvalue weighted by Crippen LogP contribution is -2.19. The lowest BCUT2D eigenvalue weighted by Gasteiger charge is -2.16. The molecule has 1 aliphatic rings. The molecule has 1 amide bonds. The predicted molar refractivity (Wildman–Crippen MR) is 96.3 cm³/mol. The number of aromatic nitrogens is 4. The fourth-order valence-electron chi connectivity index (χ4n) is 3.15. The van der Waals surface area contributed by atoms with Gasteiger partial charge in [0.15, 0.2) is 11.3 Å². The number of imidazole rings is 1. The largest absolute Gasteiger partial charge is 0.470 e. The van der Waals surface area contributed by atoms with Crippen LogP contribution < -0.4 is 15.4 Å². The summed E-state index contributed by atoms with van der Waals surface area (Å²) in [6.45, 7) is 4.17. The van der Waals surface area contributed by atoms with Crippen LogP contribution in [-0.2, 0) is 6.61 Å².